The minimum absolute atomic E-state index is 0.207. The van der Waals surface area contributed by atoms with Crippen LogP contribution in [0.3, 0.4) is 0 Å². The Hall–Kier alpha value is -0.600. The van der Waals surface area contributed by atoms with Gasteiger partial charge in [-0.05, 0) is 55.8 Å². The lowest BCUT2D eigenvalue weighted by molar-refractivity contribution is 0.324. The third-order valence-electron chi connectivity index (χ3n) is 3.86. The molecule has 1 saturated carbocycles. The van der Waals surface area contributed by atoms with Gasteiger partial charge in [0.25, 0.3) is 0 Å². The normalized spacial score (nSPS) is 28.6. The van der Waals surface area contributed by atoms with Crippen molar-refractivity contribution in [1.82, 2.24) is 5.32 Å². The van der Waals surface area contributed by atoms with Gasteiger partial charge in [0, 0.05) is 6.04 Å². The molecule has 0 radical (unpaired) electrons. The van der Waals surface area contributed by atoms with Gasteiger partial charge in [-0.1, -0.05) is 24.6 Å². The maximum atomic E-state index is 13.4. The topological polar surface area (TPSA) is 12.0 Å². The third-order valence-corrected chi connectivity index (χ3v) is 4.17. The van der Waals surface area contributed by atoms with Crippen molar-refractivity contribution in [3.8, 4) is 0 Å². The Morgan fingerprint density at radius 2 is 2.29 bits per heavy atom. The second-order valence-corrected chi connectivity index (χ2v) is 5.87. The van der Waals surface area contributed by atoms with Crippen LogP contribution in [0.1, 0.15) is 31.7 Å². The number of hydrogen-bond donors (Lipinski definition) is 1. The maximum Gasteiger partial charge on any atom is 0.142 e. The molecule has 1 aliphatic rings. The van der Waals surface area contributed by atoms with Crippen LogP contribution >= 0.6 is 11.6 Å². The Balaban J connectivity index is 2.08. The van der Waals surface area contributed by atoms with Crippen LogP contribution in [0.2, 0.25) is 5.02 Å². The molecule has 3 heteroatoms. The predicted molar refractivity (Wildman–Crippen MR) is 69.9 cm³/mol. The van der Waals surface area contributed by atoms with Gasteiger partial charge in [-0.2, -0.15) is 0 Å². The van der Waals surface area contributed by atoms with Gasteiger partial charge in [-0.3, -0.25) is 0 Å². The number of benzene rings is 1. The largest absolute Gasteiger partial charge is 0.317 e. The SMILES string of the molecule is CNC1CCC(C)(Cc2ccc(Cl)c(F)c2)C1. The molecule has 17 heavy (non-hydrogen) atoms. The average Bonchev–Trinajstić information content (AvgIpc) is 2.66. The van der Waals surface area contributed by atoms with E-state index < -0.39 is 0 Å². The summed E-state index contributed by atoms with van der Waals surface area (Å²) in [7, 11) is 2.01. The first-order valence-electron chi connectivity index (χ1n) is 6.14. The Morgan fingerprint density at radius 3 is 2.88 bits per heavy atom. The highest BCUT2D eigenvalue weighted by Gasteiger charge is 2.34. The highest BCUT2D eigenvalue weighted by molar-refractivity contribution is 6.30. The Morgan fingerprint density at radius 1 is 1.53 bits per heavy atom. The molecule has 2 unspecified atom stereocenters. The highest BCUT2D eigenvalue weighted by Crippen LogP contribution is 2.40. The first-order chi connectivity index (χ1) is 8.02. The van der Waals surface area contributed by atoms with Crippen molar-refractivity contribution in [1.29, 1.82) is 0 Å². The number of rotatable bonds is 3. The molecule has 0 bridgehead atoms. The summed E-state index contributed by atoms with van der Waals surface area (Å²) in [5.41, 5.74) is 1.33. The molecule has 2 rings (SSSR count). The van der Waals surface area contributed by atoms with Crippen LogP contribution in [0, 0.1) is 11.2 Å². The van der Waals surface area contributed by atoms with Crippen molar-refractivity contribution in [2.75, 3.05) is 7.05 Å². The van der Waals surface area contributed by atoms with Crippen molar-refractivity contribution < 1.29 is 4.39 Å². The molecule has 0 saturated heterocycles. The van der Waals surface area contributed by atoms with Gasteiger partial charge >= 0.3 is 0 Å². The maximum absolute atomic E-state index is 13.4. The summed E-state index contributed by atoms with van der Waals surface area (Å²) in [5.74, 6) is -0.309. The van der Waals surface area contributed by atoms with E-state index in [1.807, 2.05) is 13.1 Å². The van der Waals surface area contributed by atoms with Crippen LogP contribution in [-0.4, -0.2) is 13.1 Å². The van der Waals surface area contributed by atoms with Crippen LogP contribution < -0.4 is 5.32 Å². The minimum atomic E-state index is -0.309. The highest BCUT2D eigenvalue weighted by atomic mass is 35.5. The molecule has 0 aliphatic heterocycles. The van der Waals surface area contributed by atoms with E-state index in [-0.39, 0.29) is 16.3 Å². The van der Waals surface area contributed by atoms with E-state index in [1.165, 1.54) is 12.8 Å². The number of halogens is 2. The Labute approximate surface area is 107 Å². The van der Waals surface area contributed by atoms with Crippen LogP contribution in [0.4, 0.5) is 4.39 Å². The van der Waals surface area contributed by atoms with Gasteiger partial charge < -0.3 is 5.32 Å². The molecule has 1 N–H and O–H groups in total. The Kier molecular flexibility index (Phi) is 3.74. The molecule has 1 aromatic rings. The summed E-state index contributed by atoms with van der Waals surface area (Å²) in [6, 6.07) is 5.76. The molecule has 0 heterocycles. The van der Waals surface area contributed by atoms with E-state index in [1.54, 1.807) is 12.1 Å². The van der Waals surface area contributed by atoms with Crippen molar-refractivity contribution in [3.05, 3.63) is 34.6 Å². The second kappa shape index (κ2) is 4.95. The smallest absolute Gasteiger partial charge is 0.142 e. The van der Waals surface area contributed by atoms with Crippen LogP contribution in [0.25, 0.3) is 0 Å². The molecule has 0 amide bonds. The molecule has 2 atom stereocenters. The van der Waals surface area contributed by atoms with E-state index >= 15 is 0 Å². The lowest BCUT2D eigenvalue weighted by atomic mass is 9.82. The number of hydrogen-bond acceptors (Lipinski definition) is 1. The summed E-state index contributed by atoms with van der Waals surface area (Å²) in [6.07, 6.45) is 4.50. The summed E-state index contributed by atoms with van der Waals surface area (Å²) < 4.78 is 13.4. The fraction of sp³-hybridized carbons (Fsp3) is 0.571. The zero-order valence-electron chi connectivity index (χ0n) is 10.4. The average molecular weight is 256 g/mol. The van der Waals surface area contributed by atoms with E-state index in [9.17, 15) is 4.39 Å². The summed E-state index contributed by atoms with van der Waals surface area (Å²) >= 11 is 5.69. The first-order valence-corrected chi connectivity index (χ1v) is 6.51. The summed E-state index contributed by atoms with van der Waals surface area (Å²) in [6.45, 7) is 2.29. The standard InChI is InChI=1S/C14H19ClFN/c1-14(6-5-11(9-14)17-2)8-10-3-4-12(15)13(16)7-10/h3-4,7,11,17H,5-6,8-9H2,1-2H3. The van der Waals surface area contributed by atoms with Gasteiger partial charge in [0.05, 0.1) is 5.02 Å². The number of nitrogens with one attached hydrogen (secondary N) is 1. The van der Waals surface area contributed by atoms with E-state index in [4.69, 9.17) is 11.6 Å². The quantitative estimate of drug-likeness (QED) is 0.866. The zero-order valence-corrected chi connectivity index (χ0v) is 11.1. The van der Waals surface area contributed by atoms with Crippen LogP contribution in [0.5, 0.6) is 0 Å². The third kappa shape index (κ3) is 2.99. The van der Waals surface area contributed by atoms with Gasteiger partial charge in [0.2, 0.25) is 0 Å². The fourth-order valence-electron chi connectivity index (χ4n) is 2.87. The molecular weight excluding hydrogens is 237 g/mol. The minimum Gasteiger partial charge on any atom is -0.317 e. The second-order valence-electron chi connectivity index (χ2n) is 5.46. The molecule has 1 nitrogen and oxygen atoms in total. The lowest BCUT2D eigenvalue weighted by Gasteiger charge is -2.24. The van der Waals surface area contributed by atoms with Crippen LogP contribution in [0.15, 0.2) is 18.2 Å². The van der Waals surface area contributed by atoms with Crippen molar-refractivity contribution in [2.24, 2.45) is 5.41 Å². The van der Waals surface area contributed by atoms with Gasteiger partial charge in [-0.25, -0.2) is 4.39 Å². The van der Waals surface area contributed by atoms with Crippen LogP contribution in [-0.2, 0) is 6.42 Å². The summed E-state index contributed by atoms with van der Waals surface area (Å²) in [5, 5.41) is 3.54. The zero-order chi connectivity index (χ0) is 12.5. The molecule has 0 aromatic heterocycles. The van der Waals surface area contributed by atoms with Gasteiger partial charge in [-0.15, -0.1) is 0 Å². The van der Waals surface area contributed by atoms with Gasteiger partial charge in [0.15, 0.2) is 0 Å². The molecule has 1 aromatic carbocycles. The molecule has 1 fully saturated rings. The van der Waals surface area contributed by atoms with E-state index in [0.717, 1.165) is 18.4 Å². The van der Waals surface area contributed by atoms with Gasteiger partial charge in [0.1, 0.15) is 5.82 Å². The molecule has 94 valence electrons. The lowest BCUT2D eigenvalue weighted by Crippen LogP contribution is -2.24. The first kappa shape index (κ1) is 12.8. The predicted octanol–water partition coefficient (Wildman–Crippen LogP) is 3.80. The van der Waals surface area contributed by atoms with Crippen molar-refractivity contribution >= 4 is 11.6 Å². The van der Waals surface area contributed by atoms with E-state index in [2.05, 4.69) is 12.2 Å². The van der Waals surface area contributed by atoms with E-state index in [0.29, 0.717) is 6.04 Å². The monoisotopic (exact) mass is 255 g/mol. The molecular formula is C14H19ClFN. The summed E-state index contributed by atoms with van der Waals surface area (Å²) in [4.78, 5) is 0. The fourth-order valence-corrected chi connectivity index (χ4v) is 2.99. The Bertz CT molecular complexity index is 407. The molecule has 1 aliphatic carbocycles. The van der Waals surface area contributed by atoms with Crippen molar-refractivity contribution in [3.63, 3.8) is 0 Å². The van der Waals surface area contributed by atoms with Crippen molar-refractivity contribution in [2.45, 2.75) is 38.6 Å². The molecule has 0 spiro atoms.